The molecule has 3 rings (SSSR count). The lowest BCUT2D eigenvalue weighted by atomic mass is 9.96. The van der Waals surface area contributed by atoms with Gasteiger partial charge in [-0.2, -0.15) is 0 Å². The number of ether oxygens (including phenoxy) is 1. The Hall–Kier alpha value is -2.83. The number of hydrogen-bond acceptors (Lipinski definition) is 4. The molecule has 2 aromatic rings. The second kappa shape index (κ2) is 7.83. The molecule has 1 aromatic carbocycles. The SMILES string of the molecule is COC(=O)CCCNC(=O)N1CCc2[nH]cnc2[C@H]1c1ccccc1. The summed E-state index contributed by atoms with van der Waals surface area (Å²) in [5.41, 5.74) is 2.99. The molecule has 2 amide bonds. The first-order valence-electron chi connectivity index (χ1n) is 8.39. The molecule has 7 heteroatoms. The predicted octanol–water partition coefficient (Wildman–Crippen LogP) is 2.02. The van der Waals surface area contributed by atoms with Gasteiger partial charge in [-0.1, -0.05) is 30.3 Å². The minimum absolute atomic E-state index is 0.146. The lowest BCUT2D eigenvalue weighted by Gasteiger charge is -2.35. The molecular formula is C18H22N4O3. The molecule has 2 N–H and O–H groups in total. The highest BCUT2D eigenvalue weighted by Gasteiger charge is 2.33. The lowest BCUT2D eigenvalue weighted by Crippen LogP contribution is -2.46. The van der Waals surface area contributed by atoms with Crippen molar-refractivity contribution in [3.63, 3.8) is 0 Å². The van der Waals surface area contributed by atoms with Gasteiger partial charge in [0, 0.05) is 31.6 Å². The quantitative estimate of drug-likeness (QED) is 0.643. The average Bonchev–Trinajstić information content (AvgIpc) is 3.13. The molecule has 0 bridgehead atoms. The molecule has 132 valence electrons. The van der Waals surface area contributed by atoms with Crippen LogP contribution in [0.15, 0.2) is 36.7 Å². The second-order valence-electron chi connectivity index (χ2n) is 5.93. The molecule has 0 radical (unpaired) electrons. The fourth-order valence-electron chi connectivity index (χ4n) is 3.10. The number of methoxy groups -OCH3 is 1. The normalized spacial score (nSPS) is 16.2. The number of aromatic nitrogens is 2. The van der Waals surface area contributed by atoms with Gasteiger partial charge in [0.25, 0.3) is 0 Å². The summed E-state index contributed by atoms with van der Waals surface area (Å²) in [4.78, 5) is 33.2. The summed E-state index contributed by atoms with van der Waals surface area (Å²) in [6.07, 6.45) is 3.27. The Labute approximate surface area is 146 Å². The highest BCUT2D eigenvalue weighted by atomic mass is 16.5. The van der Waals surface area contributed by atoms with Crippen LogP contribution in [0.3, 0.4) is 0 Å². The van der Waals surface area contributed by atoms with E-state index in [0.717, 1.165) is 23.4 Å². The van der Waals surface area contributed by atoms with Crippen LogP contribution in [0.2, 0.25) is 0 Å². The molecule has 0 saturated carbocycles. The summed E-state index contributed by atoms with van der Waals surface area (Å²) >= 11 is 0. The lowest BCUT2D eigenvalue weighted by molar-refractivity contribution is -0.140. The monoisotopic (exact) mass is 342 g/mol. The van der Waals surface area contributed by atoms with Gasteiger partial charge in [0.2, 0.25) is 0 Å². The van der Waals surface area contributed by atoms with Crippen LogP contribution in [0.5, 0.6) is 0 Å². The summed E-state index contributed by atoms with van der Waals surface area (Å²) < 4.78 is 4.60. The highest BCUT2D eigenvalue weighted by Crippen LogP contribution is 2.33. The molecule has 7 nitrogen and oxygen atoms in total. The number of nitrogens with one attached hydrogen (secondary N) is 2. The van der Waals surface area contributed by atoms with Crippen molar-refractivity contribution in [2.45, 2.75) is 25.3 Å². The largest absolute Gasteiger partial charge is 0.469 e. The van der Waals surface area contributed by atoms with E-state index >= 15 is 0 Å². The maximum Gasteiger partial charge on any atom is 0.318 e. The van der Waals surface area contributed by atoms with Gasteiger partial charge in [-0.05, 0) is 12.0 Å². The van der Waals surface area contributed by atoms with Crippen LogP contribution in [0.4, 0.5) is 4.79 Å². The van der Waals surface area contributed by atoms with Crippen LogP contribution in [0.25, 0.3) is 0 Å². The first-order chi connectivity index (χ1) is 12.2. The van der Waals surface area contributed by atoms with Crippen molar-refractivity contribution in [3.8, 4) is 0 Å². The third-order valence-electron chi connectivity index (χ3n) is 4.36. The van der Waals surface area contributed by atoms with Gasteiger partial charge in [-0.3, -0.25) is 4.79 Å². The standard InChI is InChI=1S/C18H22N4O3/c1-25-15(23)8-5-10-19-18(24)22-11-9-14-16(21-12-20-14)17(22)13-6-3-2-4-7-13/h2-4,6-7,12,17H,5,8-11H2,1H3,(H,19,24)(H,20,21)/t17-/m1/s1. The Morgan fingerprint density at radius 2 is 2.16 bits per heavy atom. The Balaban J connectivity index is 1.71. The maximum atomic E-state index is 12.7. The third kappa shape index (κ3) is 3.81. The Kier molecular flexibility index (Phi) is 5.33. The molecule has 0 aliphatic carbocycles. The zero-order valence-corrected chi connectivity index (χ0v) is 14.2. The highest BCUT2D eigenvalue weighted by molar-refractivity contribution is 5.76. The molecule has 1 aliphatic rings. The Morgan fingerprint density at radius 3 is 2.92 bits per heavy atom. The zero-order valence-electron chi connectivity index (χ0n) is 14.2. The van der Waals surface area contributed by atoms with Gasteiger partial charge in [0.15, 0.2) is 0 Å². The van der Waals surface area contributed by atoms with Crippen molar-refractivity contribution >= 4 is 12.0 Å². The van der Waals surface area contributed by atoms with Crippen molar-refractivity contribution in [3.05, 3.63) is 53.6 Å². The zero-order chi connectivity index (χ0) is 17.6. The van der Waals surface area contributed by atoms with Gasteiger partial charge >= 0.3 is 12.0 Å². The summed E-state index contributed by atoms with van der Waals surface area (Å²) in [5, 5.41) is 2.90. The number of amides is 2. The van der Waals surface area contributed by atoms with E-state index in [2.05, 4.69) is 20.0 Å². The maximum absolute atomic E-state index is 12.7. The fourth-order valence-corrected chi connectivity index (χ4v) is 3.10. The number of fused-ring (bicyclic) bond motifs is 1. The first-order valence-corrected chi connectivity index (χ1v) is 8.39. The van der Waals surface area contributed by atoms with E-state index < -0.39 is 0 Å². The molecule has 0 fully saturated rings. The topological polar surface area (TPSA) is 87.3 Å². The van der Waals surface area contributed by atoms with Gasteiger partial charge in [0.05, 0.1) is 19.1 Å². The van der Waals surface area contributed by atoms with Crippen molar-refractivity contribution in [1.29, 1.82) is 0 Å². The summed E-state index contributed by atoms with van der Waals surface area (Å²) in [6, 6.07) is 9.53. The van der Waals surface area contributed by atoms with Crippen molar-refractivity contribution in [1.82, 2.24) is 20.2 Å². The molecule has 0 spiro atoms. The average molecular weight is 342 g/mol. The van der Waals surface area contributed by atoms with Crippen LogP contribution in [0, 0.1) is 0 Å². The molecule has 1 aliphatic heterocycles. The van der Waals surface area contributed by atoms with Gasteiger partial charge < -0.3 is 19.9 Å². The number of imidazole rings is 1. The minimum atomic E-state index is -0.268. The van der Waals surface area contributed by atoms with E-state index in [4.69, 9.17) is 0 Å². The smallest absolute Gasteiger partial charge is 0.318 e. The van der Waals surface area contributed by atoms with Crippen LogP contribution in [-0.4, -0.2) is 47.1 Å². The van der Waals surface area contributed by atoms with E-state index in [1.165, 1.54) is 7.11 Å². The first kappa shape index (κ1) is 17.0. The van der Waals surface area contributed by atoms with Crippen LogP contribution in [-0.2, 0) is 16.0 Å². The van der Waals surface area contributed by atoms with E-state index in [-0.39, 0.29) is 18.0 Å². The van der Waals surface area contributed by atoms with Crippen LogP contribution >= 0.6 is 0 Å². The number of benzene rings is 1. The van der Waals surface area contributed by atoms with Crippen molar-refractivity contribution < 1.29 is 14.3 Å². The number of esters is 1. The summed E-state index contributed by atoms with van der Waals surface area (Å²) in [6.45, 7) is 1.04. The predicted molar refractivity (Wildman–Crippen MR) is 91.9 cm³/mol. The molecular weight excluding hydrogens is 320 g/mol. The van der Waals surface area contributed by atoms with Crippen LogP contribution in [0.1, 0.15) is 35.8 Å². The number of urea groups is 1. The number of hydrogen-bond donors (Lipinski definition) is 2. The Bertz CT molecular complexity index is 729. The third-order valence-corrected chi connectivity index (χ3v) is 4.36. The molecule has 0 saturated heterocycles. The van der Waals surface area contributed by atoms with E-state index in [9.17, 15) is 9.59 Å². The molecule has 0 unspecified atom stereocenters. The summed E-state index contributed by atoms with van der Waals surface area (Å²) in [5.74, 6) is -0.268. The van der Waals surface area contributed by atoms with Crippen molar-refractivity contribution in [2.24, 2.45) is 0 Å². The molecule has 2 heterocycles. The van der Waals surface area contributed by atoms with E-state index in [1.807, 2.05) is 30.3 Å². The number of rotatable bonds is 5. The molecule has 1 atom stereocenters. The molecule has 1 aromatic heterocycles. The summed E-state index contributed by atoms with van der Waals surface area (Å²) in [7, 11) is 1.36. The van der Waals surface area contributed by atoms with Crippen molar-refractivity contribution in [2.75, 3.05) is 20.2 Å². The fraction of sp³-hybridized carbons (Fsp3) is 0.389. The second-order valence-corrected chi connectivity index (χ2v) is 5.93. The number of aromatic amines is 1. The van der Waals surface area contributed by atoms with E-state index in [1.54, 1.807) is 11.2 Å². The number of carbonyl (C=O) groups is 2. The number of H-pyrrole nitrogens is 1. The van der Waals surface area contributed by atoms with Gasteiger partial charge in [-0.25, -0.2) is 9.78 Å². The minimum Gasteiger partial charge on any atom is -0.469 e. The van der Waals surface area contributed by atoms with Gasteiger partial charge in [-0.15, -0.1) is 0 Å². The van der Waals surface area contributed by atoms with Crippen LogP contribution < -0.4 is 5.32 Å². The number of carbonyl (C=O) groups excluding carboxylic acids is 2. The number of nitrogens with zero attached hydrogens (tertiary/aromatic N) is 2. The Morgan fingerprint density at radius 1 is 1.36 bits per heavy atom. The van der Waals surface area contributed by atoms with Gasteiger partial charge in [0.1, 0.15) is 6.04 Å². The van der Waals surface area contributed by atoms with E-state index in [0.29, 0.717) is 25.9 Å². The molecule has 25 heavy (non-hydrogen) atoms.